The minimum Gasteiger partial charge on any atom is -0.382 e. The van der Waals surface area contributed by atoms with E-state index in [9.17, 15) is 0 Å². The summed E-state index contributed by atoms with van der Waals surface area (Å²) >= 11 is 0. The van der Waals surface area contributed by atoms with Crippen molar-refractivity contribution in [3.8, 4) is 0 Å². The normalized spacial score (nSPS) is 16.5. The maximum atomic E-state index is 3.39. The maximum Gasteiger partial charge on any atom is 0.0583 e. The molecule has 0 fully saturated rings. The van der Waals surface area contributed by atoms with Crippen LogP contribution < -0.4 is 16.0 Å². The van der Waals surface area contributed by atoms with Crippen molar-refractivity contribution in [1.29, 1.82) is 0 Å². The number of fused-ring (bicyclic) bond motifs is 2. The minimum absolute atomic E-state index is 0.990. The van der Waals surface area contributed by atoms with Crippen LogP contribution in [0.3, 0.4) is 0 Å². The molecule has 0 aromatic heterocycles. The summed E-state index contributed by atoms with van der Waals surface area (Å²) in [6.45, 7) is 1.98. The van der Waals surface area contributed by atoms with Gasteiger partial charge in [0, 0.05) is 25.5 Å². The summed E-state index contributed by atoms with van der Waals surface area (Å²) in [6, 6.07) is 4.37. The fourth-order valence-corrected chi connectivity index (χ4v) is 1.94. The third-order valence-electron chi connectivity index (χ3n) is 2.70. The summed E-state index contributed by atoms with van der Waals surface area (Å²) in [4.78, 5) is 0. The van der Waals surface area contributed by atoms with Gasteiger partial charge in [0.1, 0.15) is 0 Å². The van der Waals surface area contributed by atoms with Gasteiger partial charge in [0.15, 0.2) is 0 Å². The molecule has 2 aliphatic rings. The molecule has 3 nitrogen and oxygen atoms in total. The standard InChI is InChI=1S/C12H13N3/c1-3-13-4-2-10-8-12-11(7-9(1)10)14-5-6-15-12/h1-4,7-8,13-15H,5-6H2. The van der Waals surface area contributed by atoms with Gasteiger partial charge in [0.25, 0.3) is 0 Å². The highest BCUT2D eigenvalue weighted by molar-refractivity contribution is 5.80. The third kappa shape index (κ3) is 1.46. The number of hydrogen-bond donors (Lipinski definition) is 3. The van der Waals surface area contributed by atoms with E-state index in [1.807, 2.05) is 12.4 Å². The molecule has 0 aliphatic carbocycles. The van der Waals surface area contributed by atoms with Crippen LogP contribution in [0.25, 0.3) is 12.2 Å². The molecule has 2 aliphatic heterocycles. The number of benzene rings is 1. The van der Waals surface area contributed by atoms with Gasteiger partial charge < -0.3 is 16.0 Å². The number of nitrogens with one attached hydrogen (secondary N) is 3. The van der Waals surface area contributed by atoms with Gasteiger partial charge in [-0.1, -0.05) is 0 Å². The van der Waals surface area contributed by atoms with Crippen molar-refractivity contribution in [1.82, 2.24) is 5.32 Å². The maximum absolute atomic E-state index is 3.39. The molecule has 1 aromatic rings. The van der Waals surface area contributed by atoms with Crippen molar-refractivity contribution in [3.05, 3.63) is 35.7 Å². The Hall–Kier alpha value is -1.90. The van der Waals surface area contributed by atoms with E-state index >= 15 is 0 Å². The van der Waals surface area contributed by atoms with E-state index in [1.165, 1.54) is 22.5 Å². The first-order valence-corrected chi connectivity index (χ1v) is 5.18. The minimum atomic E-state index is 0.990. The second kappa shape index (κ2) is 3.35. The van der Waals surface area contributed by atoms with E-state index in [2.05, 4.69) is 40.2 Å². The second-order valence-corrected chi connectivity index (χ2v) is 3.71. The Labute approximate surface area is 88.9 Å². The summed E-state index contributed by atoms with van der Waals surface area (Å²) in [5.74, 6) is 0. The lowest BCUT2D eigenvalue weighted by Gasteiger charge is -2.21. The van der Waals surface area contributed by atoms with E-state index < -0.39 is 0 Å². The number of rotatable bonds is 0. The van der Waals surface area contributed by atoms with Crippen molar-refractivity contribution in [3.63, 3.8) is 0 Å². The van der Waals surface area contributed by atoms with Gasteiger partial charge in [0.05, 0.1) is 11.4 Å². The van der Waals surface area contributed by atoms with Gasteiger partial charge in [-0.3, -0.25) is 0 Å². The lowest BCUT2D eigenvalue weighted by atomic mass is 10.0. The summed E-state index contributed by atoms with van der Waals surface area (Å²) in [5, 5.41) is 9.87. The van der Waals surface area contributed by atoms with Crippen LogP contribution in [0.5, 0.6) is 0 Å². The topological polar surface area (TPSA) is 36.1 Å². The van der Waals surface area contributed by atoms with Crippen molar-refractivity contribution < 1.29 is 0 Å². The van der Waals surface area contributed by atoms with Crippen molar-refractivity contribution in [2.75, 3.05) is 23.7 Å². The Morgan fingerprint density at radius 3 is 1.87 bits per heavy atom. The Balaban J connectivity index is 2.15. The van der Waals surface area contributed by atoms with Crippen LogP contribution in [0.2, 0.25) is 0 Å². The molecule has 3 N–H and O–H groups in total. The van der Waals surface area contributed by atoms with Gasteiger partial charge in [-0.05, 0) is 35.4 Å². The fraction of sp³-hybridized carbons (Fsp3) is 0.167. The van der Waals surface area contributed by atoms with Gasteiger partial charge in [-0.25, -0.2) is 0 Å². The van der Waals surface area contributed by atoms with Crippen LogP contribution in [0.4, 0.5) is 11.4 Å². The predicted octanol–water partition coefficient (Wildman–Crippen LogP) is 2.07. The van der Waals surface area contributed by atoms with E-state index in [1.54, 1.807) is 0 Å². The molecule has 15 heavy (non-hydrogen) atoms. The summed E-state index contributed by atoms with van der Waals surface area (Å²) in [5.41, 5.74) is 4.87. The Morgan fingerprint density at radius 2 is 1.33 bits per heavy atom. The lowest BCUT2D eigenvalue weighted by Crippen LogP contribution is -2.20. The highest BCUT2D eigenvalue weighted by atomic mass is 15.0. The van der Waals surface area contributed by atoms with E-state index in [-0.39, 0.29) is 0 Å². The molecule has 0 saturated carbocycles. The molecule has 1 aromatic carbocycles. The average Bonchev–Trinajstić information content (AvgIpc) is 2.50. The van der Waals surface area contributed by atoms with Crippen LogP contribution in [0.1, 0.15) is 11.1 Å². The first-order valence-electron chi connectivity index (χ1n) is 5.18. The number of hydrogen-bond acceptors (Lipinski definition) is 3. The molecule has 0 amide bonds. The monoisotopic (exact) mass is 199 g/mol. The van der Waals surface area contributed by atoms with Crippen LogP contribution in [-0.4, -0.2) is 13.1 Å². The van der Waals surface area contributed by atoms with E-state index in [0.29, 0.717) is 0 Å². The molecular weight excluding hydrogens is 186 g/mol. The molecule has 3 rings (SSSR count). The van der Waals surface area contributed by atoms with Crippen LogP contribution >= 0.6 is 0 Å². The van der Waals surface area contributed by atoms with E-state index in [0.717, 1.165) is 13.1 Å². The summed E-state index contributed by atoms with van der Waals surface area (Å²) < 4.78 is 0. The zero-order valence-corrected chi connectivity index (χ0v) is 8.38. The molecule has 0 atom stereocenters. The quantitative estimate of drug-likeness (QED) is 0.598. The van der Waals surface area contributed by atoms with Crippen molar-refractivity contribution in [2.24, 2.45) is 0 Å². The molecule has 0 radical (unpaired) electrons. The zero-order chi connectivity index (χ0) is 10.1. The third-order valence-corrected chi connectivity index (χ3v) is 2.70. The molecule has 2 heterocycles. The smallest absolute Gasteiger partial charge is 0.0583 e. The summed E-state index contributed by atoms with van der Waals surface area (Å²) in [7, 11) is 0. The van der Waals surface area contributed by atoms with Crippen molar-refractivity contribution in [2.45, 2.75) is 0 Å². The SMILES string of the molecule is C1=Cc2cc3c(cc2C=CN1)NCCN3. The molecule has 0 unspecified atom stereocenters. The van der Waals surface area contributed by atoms with E-state index in [4.69, 9.17) is 0 Å². The molecule has 0 spiro atoms. The van der Waals surface area contributed by atoms with Crippen LogP contribution in [-0.2, 0) is 0 Å². The number of anilines is 2. The van der Waals surface area contributed by atoms with Crippen LogP contribution in [0, 0.1) is 0 Å². The molecule has 3 heteroatoms. The first kappa shape index (κ1) is 8.41. The van der Waals surface area contributed by atoms with Gasteiger partial charge in [0.2, 0.25) is 0 Å². The van der Waals surface area contributed by atoms with Crippen LogP contribution in [0.15, 0.2) is 24.5 Å². The fourth-order valence-electron chi connectivity index (χ4n) is 1.94. The predicted molar refractivity (Wildman–Crippen MR) is 64.6 cm³/mol. The Kier molecular flexibility index (Phi) is 1.88. The molecule has 0 saturated heterocycles. The lowest BCUT2D eigenvalue weighted by molar-refractivity contribution is 1.05. The van der Waals surface area contributed by atoms with Gasteiger partial charge in [-0.15, -0.1) is 0 Å². The Bertz CT molecular complexity index is 405. The van der Waals surface area contributed by atoms with Crippen molar-refractivity contribution >= 4 is 23.5 Å². The second-order valence-electron chi connectivity index (χ2n) is 3.71. The summed E-state index contributed by atoms with van der Waals surface area (Å²) in [6.07, 6.45) is 8.08. The zero-order valence-electron chi connectivity index (χ0n) is 8.38. The largest absolute Gasteiger partial charge is 0.382 e. The molecular formula is C12H13N3. The molecule has 76 valence electrons. The highest BCUT2D eigenvalue weighted by Crippen LogP contribution is 2.30. The molecule has 0 bridgehead atoms. The first-order chi connectivity index (χ1) is 7.43. The van der Waals surface area contributed by atoms with Gasteiger partial charge >= 0.3 is 0 Å². The highest BCUT2D eigenvalue weighted by Gasteiger charge is 2.10. The van der Waals surface area contributed by atoms with Gasteiger partial charge in [-0.2, -0.15) is 0 Å². The average molecular weight is 199 g/mol. The Morgan fingerprint density at radius 1 is 0.800 bits per heavy atom.